The molecule has 0 heterocycles. The molecular formula is C13H16. The van der Waals surface area contributed by atoms with E-state index in [1.807, 2.05) is 13.0 Å². The minimum absolute atomic E-state index is 1.08. The molecule has 1 rings (SSSR count). The lowest BCUT2D eigenvalue weighted by Gasteiger charge is -2.01. The molecule has 0 aliphatic heterocycles. The zero-order chi connectivity index (χ0) is 9.84. The Morgan fingerprint density at radius 3 is 2.54 bits per heavy atom. The average molecular weight is 172 g/mol. The fourth-order valence-electron chi connectivity index (χ4n) is 1.24. The Bertz CT molecular complexity index is 343. The number of hydrogen-bond donors (Lipinski definition) is 0. The van der Waals surface area contributed by atoms with Crippen molar-refractivity contribution in [2.75, 3.05) is 0 Å². The molecular weight excluding hydrogens is 156 g/mol. The van der Waals surface area contributed by atoms with Crippen LogP contribution < -0.4 is 0 Å². The Balaban J connectivity index is 2.96. The zero-order valence-electron chi connectivity index (χ0n) is 8.59. The predicted molar refractivity (Wildman–Crippen MR) is 59.8 cm³/mol. The van der Waals surface area contributed by atoms with E-state index in [1.165, 1.54) is 16.7 Å². The second kappa shape index (κ2) is 4.08. The van der Waals surface area contributed by atoms with E-state index in [9.17, 15) is 0 Å². The fraction of sp³-hybridized carbons (Fsp3) is 0.231. The molecule has 13 heavy (non-hydrogen) atoms. The largest absolute Gasteiger partial charge is 0.0961 e. The third-order valence-corrected chi connectivity index (χ3v) is 1.97. The molecule has 1 aromatic carbocycles. The van der Waals surface area contributed by atoms with Gasteiger partial charge in [-0.1, -0.05) is 48.1 Å². The third kappa shape index (κ3) is 2.90. The molecule has 0 aromatic heterocycles. The van der Waals surface area contributed by atoms with Crippen LogP contribution in [-0.4, -0.2) is 0 Å². The van der Waals surface area contributed by atoms with Gasteiger partial charge in [-0.3, -0.25) is 0 Å². The molecule has 68 valence electrons. The van der Waals surface area contributed by atoms with E-state index in [2.05, 4.69) is 44.7 Å². The fourth-order valence-corrected chi connectivity index (χ4v) is 1.24. The summed E-state index contributed by atoms with van der Waals surface area (Å²) in [5.74, 6) is 0. The highest BCUT2D eigenvalue weighted by molar-refractivity contribution is 5.56. The molecule has 0 unspecified atom stereocenters. The third-order valence-electron chi connectivity index (χ3n) is 1.97. The van der Waals surface area contributed by atoms with Gasteiger partial charge in [-0.25, -0.2) is 0 Å². The van der Waals surface area contributed by atoms with Crippen LogP contribution in [0, 0.1) is 13.8 Å². The van der Waals surface area contributed by atoms with Crippen LogP contribution in [0.4, 0.5) is 0 Å². The number of allylic oxidation sites excluding steroid dienone is 2. The van der Waals surface area contributed by atoms with E-state index in [-0.39, 0.29) is 0 Å². The van der Waals surface area contributed by atoms with Crippen LogP contribution in [0.15, 0.2) is 36.4 Å². The minimum atomic E-state index is 1.08. The molecule has 0 heteroatoms. The van der Waals surface area contributed by atoms with Crippen LogP contribution in [-0.2, 0) is 0 Å². The van der Waals surface area contributed by atoms with Crippen molar-refractivity contribution in [1.82, 2.24) is 0 Å². The van der Waals surface area contributed by atoms with Crippen molar-refractivity contribution >= 4 is 6.08 Å². The van der Waals surface area contributed by atoms with Crippen molar-refractivity contribution < 1.29 is 0 Å². The SMILES string of the molecule is C=C(C)/C=C/c1ccc(C)cc1C. The Morgan fingerprint density at radius 1 is 1.31 bits per heavy atom. The molecule has 0 saturated carbocycles. The summed E-state index contributed by atoms with van der Waals surface area (Å²) >= 11 is 0. The van der Waals surface area contributed by atoms with E-state index in [0.717, 1.165) is 5.57 Å². The molecule has 0 atom stereocenters. The lowest BCUT2D eigenvalue weighted by atomic mass is 10.0. The molecule has 0 radical (unpaired) electrons. The highest BCUT2D eigenvalue weighted by Gasteiger charge is 1.93. The molecule has 0 saturated heterocycles. The first-order valence-corrected chi connectivity index (χ1v) is 4.50. The zero-order valence-corrected chi connectivity index (χ0v) is 8.59. The van der Waals surface area contributed by atoms with Gasteiger partial charge in [0.2, 0.25) is 0 Å². The number of benzene rings is 1. The normalized spacial score (nSPS) is 10.7. The van der Waals surface area contributed by atoms with E-state index in [1.54, 1.807) is 0 Å². The monoisotopic (exact) mass is 172 g/mol. The quantitative estimate of drug-likeness (QED) is 0.594. The van der Waals surface area contributed by atoms with E-state index >= 15 is 0 Å². The van der Waals surface area contributed by atoms with Crippen molar-refractivity contribution in [3.05, 3.63) is 53.1 Å². The first-order chi connectivity index (χ1) is 6.09. The maximum absolute atomic E-state index is 3.83. The van der Waals surface area contributed by atoms with Crippen molar-refractivity contribution in [3.8, 4) is 0 Å². The second-order valence-corrected chi connectivity index (χ2v) is 3.54. The topological polar surface area (TPSA) is 0 Å². The van der Waals surface area contributed by atoms with E-state index in [4.69, 9.17) is 0 Å². The molecule has 0 amide bonds. The highest BCUT2D eigenvalue weighted by Crippen LogP contribution is 2.12. The molecule has 0 bridgehead atoms. The first kappa shape index (κ1) is 9.79. The van der Waals surface area contributed by atoms with E-state index < -0.39 is 0 Å². The first-order valence-electron chi connectivity index (χ1n) is 4.50. The van der Waals surface area contributed by atoms with Gasteiger partial charge in [0, 0.05) is 0 Å². The average Bonchev–Trinajstić information content (AvgIpc) is 2.02. The van der Waals surface area contributed by atoms with Crippen LogP contribution in [0.5, 0.6) is 0 Å². The molecule has 0 spiro atoms. The van der Waals surface area contributed by atoms with Crippen molar-refractivity contribution in [2.24, 2.45) is 0 Å². The summed E-state index contributed by atoms with van der Waals surface area (Å²) in [6, 6.07) is 6.47. The summed E-state index contributed by atoms with van der Waals surface area (Å²) in [5.41, 5.74) is 4.98. The summed E-state index contributed by atoms with van der Waals surface area (Å²) in [6.45, 7) is 10.1. The summed E-state index contributed by atoms with van der Waals surface area (Å²) in [5, 5.41) is 0. The van der Waals surface area contributed by atoms with Crippen LogP contribution in [0.3, 0.4) is 0 Å². The summed E-state index contributed by atoms with van der Waals surface area (Å²) in [6.07, 6.45) is 4.15. The van der Waals surface area contributed by atoms with Gasteiger partial charge in [0.05, 0.1) is 0 Å². The molecule has 0 aliphatic rings. The summed E-state index contributed by atoms with van der Waals surface area (Å²) < 4.78 is 0. The highest BCUT2D eigenvalue weighted by atomic mass is 14.0. The van der Waals surface area contributed by atoms with Gasteiger partial charge in [0.1, 0.15) is 0 Å². The Labute approximate surface area is 80.6 Å². The smallest absolute Gasteiger partial charge is 0.0227 e. The Hall–Kier alpha value is -1.30. The predicted octanol–water partition coefficient (Wildman–Crippen LogP) is 3.89. The standard InChI is InChI=1S/C13H16/c1-10(2)5-7-13-8-6-11(3)9-12(13)4/h5-9H,1H2,2-4H3/b7-5+. The lowest BCUT2D eigenvalue weighted by Crippen LogP contribution is -1.81. The maximum atomic E-state index is 3.83. The van der Waals surface area contributed by atoms with Crippen LogP contribution in [0.25, 0.3) is 6.08 Å². The van der Waals surface area contributed by atoms with Crippen molar-refractivity contribution in [1.29, 1.82) is 0 Å². The Morgan fingerprint density at radius 2 is 2.00 bits per heavy atom. The van der Waals surface area contributed by atoms with Crippen LogP contribution in [0.1, 0.15) is 23.6 Å². The van der Waals surface area contributed by atoms with Gasteiger partial charge in [0.25, 0.3) is 0 Å². The van der Waals surface area contributed by atoms with Gasteiger partial charge in [-0.05, 0) is 31.9 Å². The lowest BCUT2D eigenvalue weighted by molar-refractivity contribution is 1.37. The molecule has 0 aliphatic carbocycles. The van der Waals surface area contributed by atoms with Gasteiger partial charge >= 0.3 is 0 Å². The number of hydrogen-bond acceptors (Lipinski definition) is 0. The number of aryl methyl sites for hydroxylation is 2. The number of rotatable bonds is 2. The van der Waals surface area contributed by atoms with Crippen molar-refractivity contribution in [3.63, 3.8) is 0 Å². The van der Waals surface area contributed by atoms with Crippen molar-refractivity contribution in [2.45, 2.75) is 20.8 Å². The Kier molecular flexibility index (Phi) is 3.07. The van der Waals surface area contributed by atoms with Gasteiger partial charge in [-0.15, -0.1) is 0 Å². The molecule has 0 N–H and O–H groups in total. The maximum Gasteiger partial charge on any atom is -0.0227 e. The van der Waals surface area contributed by atoms with Gasteiger partial charge in [-0.2, -0.15) is 0 Å². The second-order valence-electron chi connectivity index (χ2n) is 3.54. The van der Waals surface area contributed by atoms with Gasteiger partial charge in [0.15, 0.2) is 0 Å². The van der Waals surface area contributed by atoms with Crippen LogP contribution >= 0.6 is 0 Å². The summed E-state index contributed by atoms with van der Waals surface area (Å²) in [4.78, 5) is 0. The molecule has 1 aromatic rings. The summed E-state index contributed by atoms with van der Waals surface area (Å²) in [7, 11) is 0. The molecule has 0 nitrogen and oxygen atoms in total. The molecule has 0 fully saturated rings. The van der Waals surface area contributed by atoms with Gasteiger partial charge < -0.3 is 0 Å². The van der Waals surface area contributed by atoms with E-state index in [0.29, 0.717) is 0 Å². The van der Waals surface area contributed by atoms with Crippen LogP contribution in [0.2, 0.25) is 0 Å². The minimum Gasteiger partial charge on any atom is -0.0961 e.